The zero-order valence-corrected chi connectivity index (χ0v) is 11.8. The number of hydrogen-bond donors (Lipinski definition) is 1. The van der Waals surface area contributed by atoms with Gasteiger partial charge in [-0.15, -0.1) is 0 Å². The van der Waals surface area contributed by atoms with Gasteiger partial charge in [-0.2, -0.15) is 0 Å². The Morgan fingerprint density at radius 3 is 2.60 bits per heavy atom. The number of carboxylic acids is 1. The third-order valence-corrected chi connectivity index (χ3v) is 2.95. The molecule has 1 aromatic carbocycles. The summed E-state index contributed by atoms with van der Waals surface area (Å²) >= 11 is 0. The maximum atomic E-state index is 10.7. The lowest BCUT2D eigenvalue weighted by Gasteiger charge is -2.19. The van der Waals surface area contributed by atoms with Crippen molar-refractivity contribution in [2.24, 2.45) is 0 Å². The second-order valence-corrected chi connectivity index (χ2v) is 5.64. The van der Waals surface area contributed by atoms with Gasteiger partial charge in [0.05, 0.1) is 0 Å². The molecule has 0 aliphatic heterocycles. The summed E-state index contributed by atoms with van der Waals surface area (Å²) in [5.74, 6) is 0.0762. The summed E-state index contributed by atoms with van der Waals surface area (Å²) in [7, 11) is 0. The molecule has 0 amide bonds. The van der Waals surface area contributed by atoms with Crippen LogP contribution < -0.4 is 4.74 Å². The molecule has 20 heavy (non-hydrogen) atoms. The Morgan fingerprint density at radius 2 is 2.00 bits per heavy atom. The molecule has 0 aliphatic carbocycles. The summed E-state index contributed by atoms with van der Waals surface area (Å²) in [4.78, 5) is 10.7. The molecule has 4 nitrogen and oxygen atoms in total. The minimum Gasteiger partial charge on any atom is -0.486 e. The summed E-state index contributed by atoms with van der Waals surface area (Å²) < 4.78 is 10.8. The Hall–Kier alpha value is -2.23. The van der Waals surface area contributed by atoms with Crippen LogP contribution >= 0.6 is 0 Å². The molecule has 0 radical (unpaired) electrons. The van der Waals surface area contributed by atoms with Crippen LogP contribution in [0.15, 0.2) is 40.8 Å². The van der Waals surface area contributed by atoms with E-state index in [4.69, 9.17) is 14.3 Å². The predicted molar refractivity (Wildman–Crippen MR) is 75.1 cm³/mol. The average molecular weight is 274 g/mol. The van der Waals surface area contributed by atoms with Gasteiger partial charge in [0.15, 0.2) is 0 Å². The molecule has 0 aliphatic rings. The summed E-state index contributed by atoms with van der Waals surface area (Å²) in [5, 5.41) is 8.77. The Kier molecular flexibility index (Phi) is 3.84. The number of benzene rings is 1. The van der Waals surface area contributed by atoms with Crippen LogP contribution in [0.3, 0.4) is 0 Å². The fourth-order valence-corrected chi connectivity index (χ4v) is 1.78. The van der Waals surface area contributed by atoms with E-state index in [1.54, 1.807) is 6.07 Å². The molecule has 2 rings (SSSR count). The molecule has 0 saturated carbocycles. The van der Waals surface area contributed by atoms with Crippen molar-refractivity contribution in [1.82, 2.24) is 0 Å². The first kappa shape index (κ1) is 14.2. The van der Waals surface area contributed by atoms with Gasteiger partial charge in [0.25, 0.3) is 0 Å². The second kappa shape index (κ2) is 5.41. The van der Waals surface area contributed by atoms with Crippen molar-refractivity contribution in [2.45, 2.75) is 32.8 Å². The average Bonchev–Trinajstić information content (AvgIpc) is 2.85. The zero-order chi connectivity index (χ0) is 14.8. The van der Waals surface area contributed by atoms with Gasteiger partial charge < -0.3 is 14.3 Å². The molecule has 106 valence electrons. The van der Waals surface area contributed by atoms with Crippen molar-refractivity contribution in [1.29, 1.82) is 0 Å². The highest BCUT2D eigenvalue weighted by Crippen LogP contribution is 2.26. The Bertz CT molecular complexity index is 605. The fraction of sp³-hybridized carbons (Fsp3) is 0.312. The van der Waals surface area contributed by atoms with E-state index in [1.807, 2.05) is 18.2 Å². The minimum absolute atomic E-state index is 0.0561. The van der Waals surface area contributed by atoms with Crippen LogP contribution in [0.4, 0.5) is 0 Å². The molecule has 0 unspecified atom stereocenters. The summed E-state index contributed by atoms with van der Waals surface area (Å²) in [5.41, 5.74) is 1.24. The number of carbonyl (C=O) groups is 1. The van der Waals surface area contributed by atoms with Crippen molar-refractivity contribution in [2.75, 3.05) is 0 Å². The first-order valence-corrected chi connectivity index (χ1v) is 6.41. The van der Waals surface area contributed by atoms with E-state index in [0.29, 0.717) is 5.76 Å². The lowest BCUT2D eigenvalue weighted by atomic mass is 9.87. The van der Waals surface area contributed by atoms with E-state index < -0.39 is 5.97 Å². The smallest absolute Gasteiger partial charge is 0.371 e. The van der Waals surface area contributed by atoms with Crippen molar-refractivity contribution >= 4 is 5.97 Å². The lowest BCUT2D eigenvalue weighted by molar-refractivity contribution is 0.0658. The maximum absolute atomic E-state index is 10.7. The second-order valence-electron chi connectivity index (χ2n) is 5.64. The topological polar surface area (TPSA) is 59.7 Å². The fourth-order valence-electron chi connectivity index (χ4n) is 1.78. The van der Waals surface area contributed by atoms with Crippen molar-refractivity contribution in [3.05, 3.63) is 53.5 Å². The summed E-state index contributed by atoms with van der Waals surface area (Å²) in [6.45, 7) is 6.62. The standard InChI is InChI=1S/C16H18O4/c1-16(2,3)11-5-4-6-12(9-11)19-10-13-7-8-14(20-13)15(17)18/h4-9H,10H2,1-3H3,(H,17,18). The van der Waals surface area contributed by atoms with Gasteiger partial charge in [0, 0.05) is 0 Å². The molecule has 0 atom stereocenters. The van der Waals surface area contributed by atoms with E-state index in [0.717, 1.165) is 5.75 Å². The van der Waals surface area contributed by atoms with Gasteiger partial charge in [-0.3, -0.25) is 0 Å². The van der Waals surface area contributed by atoms with Crippen LogP contribution in [-0.4, -0.2) is 11.1 Å². The number of hydrogen-bond acceptors (Lipinski definition) is 3. The zero-order valence-electron chi connectivity index (χ0n) is 11.8. The van der Waals surface area contributed by atoms with Crippen LogP contribution in [0, 0.1) is 0 Å². The van der Waals surface area contributed by atoms with Crippen LogP contribution in [0.1, 0.15) is 42.6 Å². The van der Waals surface area contributed by atoms with Crippen LogP contribution in [0.5, 0.6) is 5.75 Å². The Morgan fingerprint density at radius 1 is 1.25 bits per heavy atom. The SMILES string of the molecule is CC(C)(C)c1cccc(OCc2ccc(C(=O)O)o2)c1. The third-order valence-electron chi connectivity index (χ3n) is 2.95. The number of ether oxygens (including phenoxy) is 1. The van der Waals surface area contributed by atoms with Gasteiger partial charge in [-0.05, 0) is 35.2 Å². The van der Waals surface area contributed by atoms with Crippen LogP contribution in [0.2, 0.25) is 0 Å². The van der Waals surface area contributed by atoms with Gasteiger partial charge >= 0.3 is 5.97 Å². The van der Waals surface area contributed by atoms with Crippen molar-refractivity contribution in [3.8, 4) is 5.75 Å². The van der Waals surface area contributed by atoms with Gasteiger partial charge in [-0.1, -0.05) is 32.9 Å². The molecule has 0 bridgehead atoms. The third kappa shape index (κ3) is 3.41. The number of carboxylic acid groups (broad SMARTS) is 1. The minimum atomic E-state index is -1.08. The van der Waals surface area contributed by atoms with Crippen LogP contribution in [0.25, 0.3) is 0 Å². The number of aromatic carboxylic acids is 1. The molecule has 0 spiro atoms. The monoisotopic (exact) mass is 274 g/mol. The molecule has 0 fully saturated rings. The first-order valence-electron chi connectivity index (χ1n) is 6.41. The molecular formula is C16H18O4. The van der Waals surface area contributed by atoms with E-state index in [1.165, 1.54) is 11.6 Å². The molecule has 0 saturated heterocycles. The van der Waals surface area contributed by atoms with Gasteiger partial charge in [0.2, 0.25) is 5.76 Å². The van der Waals surface area contributed by atoms with E-state index >= 15 is 0 Å². The largest absolute Gasteiger partial charge is 0.486 e. The molecule has 1 N–H and O–H groups in total. The molecule has 1 aromatic heterocycles. The molecule has 2 aromatic rings. The molecule has 4 heteroatoms. The molecular weight excluding hydrogens is 256 g/mol. The summed E-state index contributed by atoms with van der Waals surface area (Å²) in [6.07, 6.45) is 0. The van der Waals surface area contributed by atoms with Gasteiger partial charge in [0.1, 0.15) is 18.1 Å². The highest BCUT2D eigenvalue weighted by Gasteiger charge is 2.14. The van der Waals surface area contributed by atoms with Crippen molar-refractivity contribution in [3.63, 3.8) is 0 Å². The number of furan rings is 1. The highest BCUT2D eigenvalue weighted by molar-refractivity contribution is 5.84. The maximum Gasteiger partial charge on any atom is 0.371 e. The Labute approximate surface area is 118 Å². The predicted octanol–water partition coefficient (Wildman–Crippen LogP) is 3.85. The normalized spacial score (nSPS) is 11.3. The van der Waals surface area contributed by atoms with Crippen LogP contribution in [-0.2, 0) is 12.0 Å². The number of rotatable bonds is 4. The highest BCUT2D eigenvalue weighted by atomic mass is 16.5. The van der Waals surface area contributed by atoms with E-state index in [9.17, 15) is 4.79 Å². The quantitative estimate of drug-likeness (QED) is 0.919. The van der Waals surface area contributed by atoms with E-state index in [2.05, 4.69) is 26.8 Å². The van der Waals surface area contributed by atoms with Crippen molar-refractivity contribution < 1.29 is 19.1 Å². The molecule has 1 heterocycles. The van der Waals surface area contributed by atoms with E-state index in [-0.39, 0.29) is 17.8 Å². The summed E-state index contributed by atoms with van der Waals surface area (Å²) in [6, 6.07) is 10.9. The first-order chi connectivity index (χ1) is 9.36. The lowest BCUT2D eigenvalue weighted by Crippen LogP contribution is -2.10. The van der Waals surface area contributed by atoms with Gasteiger partial charge in [-0.25, -0.2) is 4.79 Å². The Balaban J connectivity index is 2.05.